The van der Waals surface area contributed by atoms with Gasteiger partial charge in [-0.1, -0.05) is 0 Å². The third-order valence-corrected chi connectivity index (χ3v) is 3.09. The van der Waals surface area contributed by atoms with Crippen LogP contribution in [-0.2, 0) is 0 Å². The van der Waals surface area contributed by atoms with Crippen LogP contribution in [0.15, 0.2) is 18.2 Å². The molecule has 1 rings (SSSR count). The number of rotatable bonds is 6. The molecule has 4 heteroatoms. The van der Waals surface area contributed by atoms with Gasteiger partial charge in [0, 0.05) is 24.7 Å². The van der Waals surface area contributed by atoms with Crippen LogP contribution in [0.5, 0.6) is 0 Å². The van der Waals surface area contributed by atoms with Crippen molar-refractivity contribution in [3.63, 3.8) is 0 Å². The van der Waals surface area contributed by atoms with E-state index in [0.29, 0.717) is 17.2 Å². The van der Waals surface area contributed by atoms with Crippen LogP contribution in [0.4, 0.5) is 5.69 Å². The fraction of sp³-hybridized carbons (Fsp3) is 0.467. The second-order valence-corrected chi connectivity index (χ2v) is 4.90. The van der Waals surface area contributed by atoms with Crippen LogP contribution in [0, 0.1) is 11.3 Å². The van der Waals surface area contributed by atoms with Gasteiger partial charge in [0.1, 0.15) is 12.4 Å². The van der Waals surface area contributed by atoms with E-state index in [0.717, 1.165) is 25.1 Å². The van der Waals surface area contributed by atoms with Crippen LogP contribution in [-0.4, -0.2) is 44.4 Å². The zero-order chi connectivity index (χ0) is 14.4. The van der Waals surface area contributed by atoms with E-state index in [-0.39, 0.29) is 0 Å². The highest BCUT2D eigenvalue weighted by atomic mass is 16.1. The summed E-state index contributed by atoms with van der Waals surface area (Å²) >= 11 is 0. The summed E-state index contributed by atoms with van der Waals surface area (Å²) in [7, 11) is 4.07. The van der Waals surface area contributed by atoms with Crippen molar-refractivity contribution in [3.05, 3.63) is 29.3 Å². The van der Waals surface area contributed by atoms with Crippen molar-refractivity contribution in [2.24, 2.45) is 0 Å². The topological polar surface area (TPSA) is 47.3 Å². The summed E-state index contributed by atoms with van der Waals surface area (Å²) in [6, 6.07) is 7.74. The van der Waals surface area contributed by atoms with Gasteiger partial charge in [-0.15, -0.1) is 0 Å². The van der Waals surface area contributed by atoms with Crippen LogP contribution in [0.1, 0.15) is 29.8 Å². The maximum atomic E-state index is 10.8. The Morgan fingerprint density at radius 3 is 2.58 bits per heavy atom. The average molecular weight is 259 g/mol. The molecule has 0 saturated heterocycles. The molecule has 1 atom stereocenters. The molecular weight excluding hydrogens is 238 g/mol. The Morgan fingerprint density at radius 2 is 2.11 bits per heavy atom. The molecule has 0 amide bonds. The highest BCUT2D eigenvalue weighted by molar-refractivity contribution is 5.78. The van der Waals surface area contributed by atoms with Crippen LogP contribution in [0.2, 0.25) is 0 Å². The summed E-state index contributed by atoms with van der Waals surface area (Å²) < 4.78 is 0. The normalized spacial score (nSPS) is 12.0. The third-order valence-electron chi connectivity index (χ3n) is 3.09. The minimum absolute atomic E-state index is 0.300. The van der Waals surface area contributed by atoms with E-state index in [1.807, 2.05) is 20.2 Å². The van der Waals surface area contributed by atoms with Gasteiger partial charge < -0.3 is 9.80 Å². The van der Waals surface area contributed by atoms with Gasteiger partial charge in [-0.25, -0.2) is 0 Å². The standard InChI is InChI=1S/C15H21N3O/c1-5-18(12(2)10-17(3)4)15-7-6-13(11-19)8-14(15)9-16/h6-8,11-12H,5,10H2,1-4H3. The molecule has 0 aromatic heterocycles. The average Bonchev–Trinajstić information content (AvgIpc) is 2.39. The summed E-state index contributed by atoms with van der Waals surface area (Å²) in [5, 5.41) is 9.24. The van der Waals surface area contributed by atoms with Gasteiger partial charge in [-0.3, -0.25) is 4.79 Å². The van der Waals surface area contributed by atoms with E-state index in [9.17, 15) is 10.1 Å². The first-order valence-corrected chi connectivity index (χ1v) is 6.44. The van der Waals surface area contributed by atoms with E-state index in [1.54, 1.807) is 12.1 Å². The number of nitrogens with zero attached hydrogens (tertiary/aromatic N) is 3. The summed E-state index contributed by atoms with van der Waals surface area (Å²) in [6.45, 7) is 5.94. The monoisotopic (exact) mass is 259 g/mol. The SMILES string of the molecule is CCN(c1ccc(C=O)cc1C#N)C(C)CN(C)C. The molecule has 4 nitrogen and oxygen atoms in total. The van der Waals surface area contributed by atoms with Crippen molar-refractivity contribution in [3.8, 4) is 6.07 Å². The van der Waals surface area contributed by atoms with Gasteiger partial charge >= 0.3 is 0 Å². The summed E-state index contributed by atoms with van der Waals surface area (Å²) in [5.74, 6) is 0. The van der Waals surface area contributed by atoms with Crippen molar-refractivity contribution >= 4 is 12.0 Å². The molecule has 19 heavy (non-hydrogen) atoms. The second-order valence-electron chi connectivity index (χ2n) is 4.90. The molecule has 1 aromatic rings. The number of aldehydes is 1. The Morgan fingerprint density at radius 1 is 1.42 bits per heavy atom. The number of anilines is 1. The highest BCUT2D eigenvalue weighted by Crippen LogP contribution is 2.23. The van der Waals surface area contributed by atoms with Gasteiger partial charge in [0.25, 0.3) is 0 Å². The zero-order valence-electron chi connectivity index (χ0n) is 12.1. The number of nitriles is 1. The summed E-state index contributed by atoms with van der Waals surface area (Å²) in [4.78, 5) is 15.1. The molecule has 0 radical (unpaired) electrons. The predicted octanol–water partition coefficient (Wildman–Crippen LogP) is 2.15. The predicted molar refractivity (Wildman–Crippen MR) is 77.6 cm³/mol. The van der Waals surface area contributed by atoms with Gasteiger partial charge in [0.05, 0.1) is 11.3 Å². The number of hydrogen-bond donors (Lipinski definition) is 0. The van der Waals surface area contributed by atoms with Crippen LogP contribution in [0.3, 0.4) is 0 Å². The third kappa shape index (κ3) is 3.80. The molecule has 0 aliphatic heterocycles. The van der Waals surface area contributed by atoms with Crippen molar-refractivity contribution in [1.82, 2.24) is 4.90 Å². The Bertz CT molecular complexity index is 477. The quantitative estimate of drug-likeness (QED) is 0.734. The number of hydrogen-bond acceptors (Lipinski definition) is 4. The molecule has 0 fully saturated rings. The number of likely N-dealkylation sites (N-methyl/N-ethyl adjacent to an activating group) is 2. The lowest BCUT2D eigenvalue weighted by molar-refractivity contribution is 0.112. The fourth-order valence-electron chi connectivity index (χ4n) is 2.31. The molecule has 0 N–H and O–H groups in total. The first-order chi connectivity index (χ1) is 9.03. The maximum Gasteiger partial charge on any atom is 0.150 e. The van der Waals surface area contributed by atoms with Crippen LogP contribution >= 0.6 is 0 Å². The lowest BCUT2D eigenvalue weighted by Gasteiger charge is -2.32. The van der Waals surface area contributed by atoms with Gasteiger partial charge in [-0.05, 0) is 46.1 Å². The lowest BCUT2D eigenvalue weighted by atomic mass is 10.1. The molecule has 0 bridgehead atoms. The molecule has 1 aromatic carbocycles. The number of benzene rings is 1. The van der Waals surface area contributed by atoms with E-state index in [4.69, 9.17) is 0 Å². The summed E-state index contributed by atoms with van der Waals surface area (Å²) in [6.07, 6.45) is 0.768. The Hall–Kier alpha value is -1.86. The smallest absolute Gasteiger partial charge is 0.150 e. The Labute approximate surface area is 115 Å². The number of carbonyl (C=O) groups excluding carboxylic acids is 1. The lowest BCUT2D eigenvalue weighted by Crippen LogP contribution is -2.40. The Kier molecular flexibility index (Phi) is 5.53. The largest absolute Gasteiger partial charge is 0.367 e. The van der Waals surface area contributed by atoms with Crippen molar-refractivity contribution in [1.29, 1.82) is 5.26 Å². The molecule has 1 unspecified atom stereocenters. The summed E-state index contributed by atoms with van der Waals surface area (Å²) in [5.41, 5.74) is 1.98. The molecule has 0 aliphatic rings. The van der Waals surface area contributed by atoms with Gasteiger partial charge in [0.15, 0.2) is 0 Å². The molecule has 0 heterocycles. The molecule has 0 spiro atoms. The minimum Gasteiger partial charge on any atom is -0.367 e. The van der Waals surface area contributed by atoms with Crippen molar-refractivity contribution < 1.29 is 4.79 Å². The molecule has 0 aliphatic carbocycles. The van der Waals surface area contributed by atoms with E-state index < -0.39 is 0 Å². The molecule has 0 saturated carbocycles. The van der Waals surface area contributed by atoms with Gasteiger partial charge in [0.2, 0.25) is 0 Å². The Balaban J connectivity index is 3.11. The first kappa shape index (κ1) is 15.2. The van der Waals surface area contributed by atoms with E-state index >= 15 is 0 Å². The number of carbonyl (C=O) groups is 1. The molecular formula is C15H21N3O. The van der Waals surface area contributed by atoms with E-state index in [2.05, 4.69) is 29.7 Å². The highest BCUT2D eigenvalue weighted by Gasteiger charge is 2.17. The van der Waals surface area contributed by atoms with Crippen molar-refractivity contribution in [2.45, 2.75) is 19.9 Å². The minimum atomic E-state index is 0.300. The van der Waals surface area contributed by atoms with Crippen LogP contribution in [0.25, 0.3) is 0 Å². The van der Waals surface area contributed by atoms with Gasteiger partial charge in [-0.2, -0.15) is 5.26 Å². The van der Waals surface area contributed by atoms with Crippen molar-refractivity contribution in [2.75, 3.05) is 32.1 Å². The fourth-order valence-corrected chi connectivity index (χ4v) is 2.31. The van der Waals surface area contributed by atoms with E-state index in [1.165, 1.54) is 0 Å². The zero-order valence-corrected chi connectivity index (χ0v) is 12.1. The van der Waals surface area contributed by atoms with Crippen LogP contribution < -0.4 is 4.90 Å². The second kappa shape index (κ2) is 6.91. The first-order valence-electron chi connectivity index (χ1n) is 6.44. The molecule has 102 valence electrons. The maximum absolute atomic E-state index is 10.8.